The molecular weight excluding hydrogens is 304 g/mol. The molecule has 1 saturated heterocycles. The van der Waals surface area contributed by atoms with E-state index in [2.05, 4.69) is 40.1 Å². The molecule has 2 heterocycles. The number of aromatic hydroxyl groups is 1. The van der Waals surface area contributed by atoms with Crippen LogP contribution < -0.4 is 14.4 Å². The molecule has 0 radical (unpaired) electrons. The summed E-state index contributed by atoms with van der Waals surface area (Å²) in [6.45, 7) is 5.85. The number of piperazine rings is 1. The minimum Gasteiger partial charge on any atom is -0.508 e. The van der Waals surface area contributed by atoms with E-state index in [1.54, 1.807) is 12.1 Å². The Balaban J connectivity index is 1.45. The molecule has 0 spiro atoms. The molecule has 0 aromatic heterocycles. The average molecular weight is 326 g/mol. The van der Waals surface area contributed by atoms with Gasteiger partial charge in [-0.2, -0.15) is 0 Å². The van der Waals surface area contributed by atoms with Crippen molar-refractivity contribution in [3.63, 3.8) is 0 Å². The van der Waals surface area contributed by atoms with Crippen LogP contribution in [-0.2, 0) is 6.54 Å². The third-order valence-electron chi connectivity index (χ3n) is 4.57. The van der Waals surface area contributed by atoms with Gasteiger partial charge in [-0.25, -0.2) is 0 Å². The zero-order valence-corrected chi connectivity index (χ0v) is 13.6. The first-order valence-electron chi connectivity index (χ1n) is 8.43. The van der Waals surface area contributed by atoms with Crippen LogP contribution in [-0.4, -0.2) is 49.4 Å². The molecule has 0 amide bonds. The largest absolute Gasteiger partial charge is 0.508 e. The van der Waals surface area contributed by atoms with Crippen molar-refractivity contribution in [2.75, 3.05) is 44.3 Å². The first-order valence-corrected chi connectivity index (χ1v) is 8.43. The highest BCUT2D eigenvalue weighted by Crippen LogP contribution is 2.43. The lowest BCUT2D eigenvalue weighted by atomic mass is 10.1. The zero-order valence-electron chi connectivity index (χ0n) is 13.6. The topological polar surface area (TPSA) is 45.2 Å². The molecule has 0 bridgehead atoms. The van der Waals surface area contributed by atoms with Gasteiger partial charge in [-0.15, -0.1) is 0 Å². The lowest BCUT2D eigenvalue weighted by Gasteiger charge is -2.37. The number of rotatable bonds is 3. The van der Waals surface area contributed by atoms with Crippen molar-refractivity contribution >= 4 is 5.69 Å². The highest BCUT2D eigenvalue weighted by atomic mass is 16.6. The molecule has 0 aliphatic carbocycles. The van der Waals surface area contributed by atoms with Crippen molar-refractivity contribution in [2.45, 2.75) is 6.54 Å². The van der Waals surface area contributed by atoms with E-state index in [1.165, 1.54) is 5.56 Å². The Bertz CT molecular complexity index is 697. The first kappa shape index (κ1) is 15.1. The van der Waals surface area contributed by atoms with E-state index >= 15 is 0 Å². The number of ether oxygens (including phenoxy) is 2. The minimum absolute atomic E-state index is 0.223. The highest BCUT2D eigenvalue weighted by molar-refractivity contribution is 5.68. The van der Waals surface area contributed by atoms with E-state index in [0.717, 1.165) is 44.2 Å². The molecule has 2 aromatic rings. The molecule has 1 N–H and O–H groups in total. The Morgan fingerprint density at radius 1 is 0.917 bits per heavy atom. The van der Waals surface area contributed by atoms with Crippen molar-refractivity contribution in [2.24, 2.45) is 0 Å². The summed E-state index contributed by atoms with van der Waals surface area (Å²) in [6.07, 6.45) is 0. The van der Waals surface area contributed by atoms with Crippen molar-refractivity contribution in [1.29, 1.82) is 0 Å². The number of hydrogen-bond donors (Lipinski definition) is 1. The van der Waals surface area contributed by atoms with Crippen LogP contribution in [0.2, 0.25) is 0 Å². The van der Waals surface area contributed by atoms with Gasteiger partial charge < -0.3 is 19.5 Å². The van der Waals surface area contributed by atoms with E-state index in [9.17, 15) is 5.11 Å². The molecule has 2 aliphatic heterocycles. The van der Waals surface area contributed by atoms with Gasteiger partial charge in [-0.05, 0) is 5.56 Å². The second-order valence-electron chi connectivity index (χ2n) is 6.24. The number of phenolic OH excluding ortho intramolecular Hbond substituents is 1. The van der Waals surface area contributed by atoms with E-state index in [1.807, 2.05) is 0 Å². The maximum absolute atomic E-state index is 9.97. The number of benzene rings is 2. The second-order valence-corrected chi connectivity index (χ2v) is 6.24. The molecule has 0 atom stereocenters. The van der Waals surface area contributed by atoms with Gasteiger partial charge in [0.25, 0.3) is 0 Å². The maximum atomic E-state index is 9.97. The SMILES string of the molecule is Oc1cc2c(c(N3CCN(Cc4ccccc4)CC3)c1)OCCO2. The number of phenols is 1. The molecular formula is C19H22N2O3. The smallest absolute Gasteiger partial charge is 0.184 e. The quantitative estimate of drug-likeness (QED) is 0.939. The summed E-state index contributed by atoms with van der Waals surface area (Å²) in [4.78, 5) is 4.73. The third kappa shape index (κ3) is 3.12. The number of anilines is 1. The minimum atomic E-state index is 0.223. The molecule has 2 aromatic carbocycles. The van der Waals surface area contributed by atoms with Gasteiger partial charge in [0, 0.05) is 44.9 Å². The summed E-state index contributed by atoms with van der Waals surface area (Å²) >= 11 is 0. The van der Waals surface area contributed by atoms with E-state index in [-0.39, 0.29) is 5.75 Å². The average Bonchev–Trinajstić information content (AvgIpc) is 2.62. The highest BCUT2D eigenvalue weighted by Gasteiger charge is 2.24. The predicted octanol–water partition coefficient (Wildman–Crippen LogP) is 2.49. The summed E-state index contributed by atoms with van der Waals surface area (Å²) in [5, 5.41) is 9.97. The summed E-state index contributed by atoms with van der Waals surface area (Å²) in [6, 6.07) is 14.0. The molecule has 24 heavy (non-hydrogen) atoms. The normalized spacial score (nSPS) is 17.8. The third-order valence-corrected chi connectivity index (χ3v) is 4.57. The van der Waals surface area contributed by atoms with Crippen LogP contribution in [0.5, 0.6) is 17.2 Å². The molecule has 2 aliphatic rings. The molecule has 0 unspecified atom stereocenters. The Morgan fingerprint density at radius 3 is 2.46 bits per heavy atom. The number of fused-ring (bicyclic) bond motifs is 1. The zero-order chi connectivity index (χ0) is 16.4. The van der Waals surface area contributed by atoms with E-state index in [0.29, 0.717) is 19.0 Å². The van der Waals surface area contributed by atoms with Gasteiger partial charge in [0.05, 0.1) is 5.69 Å². The van der Waals surface area contributed by atoms with Gasteiger partial charge in [-0.1, -0.05) is 30.3 Å². The summed E-state index contributed by atoms with van der Waals surface area (Å²) < 4.78 is 11.4. The lowest BCUT2D eigenvalue weighted by molar-refractivity contribution is 0.170. The fourth-order valence-corrected chi connectivity index (χ4v) is 3.34. The maximum Gasteiger partial charge on any atom is 0.184 e. The van der Waals surface area contributed by atoms with Gasteiger partial charge in [0.15, 0.2) is 11.5 Å². The fraction of sp³-hybridized carbons (Fsp3) is 0.368. The fourth-order valence-electron chi connectivity index (χ4n) is 3.34. The molecule has 126 valence electrons. The molecule has 4 rings (SSSR count). The summed E-state index contributed by atoms with van der Waals surface area (Å²) in [5.41, 5.74) is 2.28. The predicted molar refractivity (Wildman–Crippen MR) is 93.0 cm³/mol. The Kier molecular flexibility index (Phi) is 4.17. The van der Waals surface area contributed by atoms with E-state index in [4.69, 9.17) is 9.47 Å². The van der Waals surface area contributed by atoms with Crippen LogP contribution in [0.1, 0.15) is 5.56 Å². The molecule has 0 saturated carbocycles. The molecule has 5 nitrogen and oxygen atoms in total. The Morgan fingerprint density at radius 2 is 1.67 bits per heavy atom. The monoisotopic (exact) mass is 326 g/mol. The Labute approximate surface area is 142 Å². The number of hydrogen-bond acceptors (Lipinski definition) is 5. The summed E-state index contributed by atoms with van der Waals surface area (Å²) in [7, 11) is 0. The van der Waals surface area contributed by atoms with Crippen LogP contribution in [0.3, 0.4) is 0 Å². The van der Waals surface area contributed by atoms with Gasteiger partial charge in [-0.3, -0.25) is 4.90 Å². The van der Waals surface area contributed by atoms with Crippen LogP contribution in [0.25, 0.3) is 0 Å². The van der Waals surface area contributed by atoms with Gasteiger partial charge in [0.1, 0.15) is 19.0 Å². The van der Waals surface area contributed by atoms with Crippen molar-refractivity contribution < 1.29 is 14.6 Å². The standard InChI is InChI=1S/C19H22N2O3/c22-16-12-17(19-18(13-16)23-10-11-24-19)21-8-6-20(7-9-21)14-15-4-2-1-3-5-15/h1-5,12-13,22H,6-11,14H2. The second kappa shape index (κ2) is 6.61. The van der Waals surface area contributed by atoms with Crippen molar-refractivity contribution in [3.05, 3.63) is 48.0 Å². The van der Waals surface area contributed by atoms with Gasteiger partial charge >= 0.3 is 0 Å². The molecule has 5 heteroatoms. The summed E-state index contributed by atoms with van der Waals surface area (Å²) in [5.74, 6) is 1.62. The van der Waals surface area contributed by atoms with E-state index < -0.39 is 0 Å². The molecule has 1 fully saturated rings. The van der Waals surface area contributed by atoms with Gasteiger partial charge in [0.2, 0.25) is 0 Å². The van der Waals surface area contributed by atoms with Crippen LogP contribution in [0.15, 0.2) is 42.5 Å². The lowest BCUT2D eigenvalue weighted by Crippen LogP contribution is -2.46. The van der Waals surface area contributed by atoms with Crippen molar-refractivity contribution in [3.8, 4) is 17.2 Å². The van der Waals surface area contributed by atoms with Crippen molar-refractivity contribution in [1.82, 2.24) is 4.90 Å². The van der Waals surface area contributed by atoms with Crippen LogP contribution in [0, 0.1) is 0 Å². The Hall–Kier alpha value is -2.40. The van der Waals surface area contributed by atoms with Crippen LogP contribution >= 0.6 is 0 Å². The van der Waals surface area contributed by atoms with Crippen LogP contribution in [0.4, 0.5) is 5.69 Å². The first-order chi connectivity index (χ1) is 11.8. The number of nitrogens with zero attached hydrogens (tertiary/aromatic N) is 2.